The largest absolute Gasteiger partial charge is 0.477 e. The van der Waals surface area contributed by atoms with Crippen LogP contribution in [-0.4, -0.2) is 35.1 Å². The first-order valence-corrected chi connectivity index (χ1v) is 5.33. The summed E-state index contributed by atoms with van der Waals surface area (Å²) in [5.74, 6) is -0.978. The second-order valence-electron chi connectivity index (χ2n) is 3.93. The number of nitrogens with one attached hydrogen (secondary N) is 2. The van der Waals surface area contributed by atoms with Gasteiger partial charge in [-0.15, -0.1) is 0 Å². The van der Waals surface area contributed by atoms with E-state index in [4.69, 9.17) is 5.11 Å². The lowest BCUT2D eigenvalue weighted by molar-refractivity contribution is -0.126. The number of carbonyl (C=O) groups excluding carboxylic acids is 1. The highest BCUT2D eigenvalue weighted by molar-refractivity contribution is 5.85. The van der Waals surface area contributed by atoms with Crippen LogP contribution in [0.15, 0.2) is 18.3 Å². The number of carbonyl (C=O) groups is 2. The Morgan fingerprint density at radius 1 is 1.47 bits per heavy atom. The molecule has 2 rings (SSSR count). The van der Waals surface area contributed by atoms with Gasteiger partial charge in [0.25, 0.3) is 0 Å². The molecule has 0 saturated carbocycles. The molecule has 0 aliphatic carbocycles. The Labute approximate surface area is 98.1 Å². The Hall–Kier alpha value is -1.95. The average Bonchev–Trinajstić information content (AvgIpc) is 2.24. The highest BCUT2D eigenvalue weighted by atomic mass is 16.4. The zero-order valence-electron chi connectivity index (χ0n) is 9.14. The second kappa shape index (κ2) is 4.92. The van der Waals surface area contributed by atoms with Gasteiger partial charge in [0.2, 0.25) is 5.91 Å². The fraction of sp³-hybridized carbons (Fsp3) is 0.364. The minimum atomic E-state index is -1.05. The number of rotatable bonds is 4. The monoisotopic (exact) mass is 235 g/mol. The number of nitrogens with zero attached hydrogens (tertiary/aromatic N) is 1. The third-order valence-electron chi connectivity index (χ3n) is 2.66. The summed E-state index contributed by atoms with van der Waals surface area (Å²) < 4.78 is 0. The van der Waals surface area contributed by atoms with Crippen LogP contribution in [0.3, 0.4) is 0 Å². The third kappa shape index (κ3) is 2.79. The molecule has 1 aromatic heterocycles. The van der Waals surface area contributed by atoms with Crippen LogP contribution in [0, 0.1) is 5.92 Å². The highest BCUT2D eigenvalue weighted by Gasteiger charge is 2.24. The van der Waals surface area contributed by atoms with Gasteiger partial charge in [-0.1, -0.05) is 6.07 Å². The second-order valence-corrected chi connectivity index (χ2v) is 3.93. The van der Waals surface area contributed by atoms with Gasteiger partial charge < -0.3 is 15.7 Å². The number of carboxylic acid groups (broad SMARTS) is 1. The summed E-state index contributed by atoms with van der Waals surface area (Å²) in [4.78, 5) is 25.9. The third-order valence-corrected chi connectivity index (χ3v) is 2.66. The van der Waals surface area contributed by atoms with Crippen molar-refractivity contribution < 1.29 is 14.7 Å². The molecular formula is C11H13N3O3. The number of hydrogen-bond acceptors (Lipinski definition) is 4. The molecule has 2 heterocycles. The Morgan fingerprint density at radius 2 is 2.24 bits per heavy atom. The topological polar surface area (TPSA) is 91.3 Å². The molecule has 6 nitrogen and oxygen atoms in total. The fourth-order valence-corrected chi connectivity index (χ4v) is 1.46. The average molecular weight is 235 g/mol. The van der Waals surface area contributed by atoms with Crippen molar-refractivity contribution in [3.63, 3.8) is 0 Å². The number of aromatic nitrogens is 1. The maximum Gasteiger partial charge on any atom is 0.354 e. The lowest BCUT2D eigenvalue weighted by Gasteiger charge is -2.25. The molecule has 0 unspecified atom stereocenters. The van der Waals surface area contributed by atoms with Crippen molar-refractivity contribution >= 4 is 11.9 Å². The van der Waals surface area contributed by atoms with Gasteiger partial charge in [0.1, 0.15) is 5.69 Å². The van der Waals surface area contributed by atoms with E-state index < -0.39 is 5.97 Å². The SMILES string of the molecule is O=C(O)c1ccc(CNC(=O)C2CNC2)cn1. The van der Waals surface area contributed by atoms with Crippen molar-refractivity contribution in [3.8, 4) is 0 Å². The van der Waals surface area contributed by atoms with Crippen LogP contribution >= 0.6 is 0 Å². The van der Waals surface area contributed by atoms with Gasteiger partial charge in [-0.25, -0.2) is 9.78 Å². The van der Waals surface area contributed by atoms with E-state index in [0.29, 0.717) is 6.54 Å². The molecule has 1 fully saturated rings. The van der Waals surface area contributed by atoms with E-state index in [1.807, 2.05) is 0 Å². The molecule has 0 spiro atoms. The molecule has 6 heteroatoms. The van der Waals surface area contributed by atoms with Crippen molar-refractivity contribution in [1.29, 1.82) is 0 Å². The van der Waals surface area contributed by atoms with Gasteiger partial charge in [0, 0.05) is 25.8 Å². The van der Waals surface area contributed by atoms with Crippen LogP contribution in [0.25, 0.3) is 0 Å². The number of carboxylic acids is 1. The molecule has 0 atom stereocenters. The first-order valence-electron chi connectivity index (χ1n) is 5.33. The Balaban J connectivity index is 1.86. The van der Waals surface area contributed by atoms with Crippen LogP contribution in [0.5, 0.6) is 0 Å². The summed E-state index contributed by atoms with van der Waals surface area (Å²) >= 11 is 0. The zero-order chi connectivity index (χ0) is 12.3. The Kier molecular flexibility index (Phi) is 3.34. The zero-order valence-corrected chi connectivity index (χ0v) is 9.14. The molecule has 1 saturated heterocycles. The summed E-state index contributed by atoms with van der Waals surface area (Å²) in [6.45, 7) is 1.83. The summed E-state index contributed by atoms with van der Waals surface area (Å²) in [7, 11) is 0. The summed E-state index contributed by atoms with van der Waals surface area (Å²) in [6.07, 6.45) is 1.46. The highest BCUT2D eigenvalue weighted by Crippen LogP contribution is 2.04. The van der Waals surface area contributed by atoms with Gasteiger partial charge in [0.05, 0.1) is 5.92 Å². The molecule has 17 heavy (non-hydrogen) atoms. The molecule has 3 N–H and O–H groups in total. The van der Waals surface area contributed by atoms with Gasteiger partial charge in [-0.2, -0.15) is 0 Å². The number of aromatic carboxylic acids is 1. The Morgan fingerprint density at radius 3 is 2.71 bits per heavy atom. The quantitative estimate of drug-likeness (QED) is 0.661. The minimum absolute atomic E-state index is 0.00303. The van der Waals surface area contributed by atoms with Crippen LogP contribution in [0.4, 0.5) is 0 Å². The summed E-state index contributed by atoms with van der Waals surface area (Å²) in [5, 5.41) is 14.5. The van der Waals surface area contributed by atoms with Crippen molar-refractivity contribution in [3.05, 3.63) is 29.6 Å². The minimum Gasteiger partial charge on any atom is -0.477 e. The van der Waals surface area contributed by atoms with Gasteiger partial charge in [-0.05, 0) is 11.6 Å². The fourth-order valence-electron chi connectivity index (χ4n) is 1.46. The van der Waals surface area contributed by atoms with Crippen LogP contribution < -0.4 is 10.6 Å². The van der Waals surface area contributed by atoms with Crippen molar-refractivity contribution in [1.82, 2.24) is 15.6 Å². The maximum atomic E-state index is 11.5. The van der Waals surface area contributed by atoms with E-state index in [2.05, 4.69) is 15.6 Å². The van der Waals surface area contributed by atoms with Crippen molar-refractivity contribution in [2.75, 3.05) is 13.1 Å². The van der Waals surface area contributed by atoms with Gasteiger partial charge >= 0.3 is 5.97 Å². The van der Waals surface area contributed by atoms with Crippen molar-refractivity contribution in [2.45, 2.75) is 6.54 Å². The Bertz CT molecular complexity index is 426. The van der Waals surface area contributed by atoms with E-state index in [1.54, 1.807) is 6.07 Å². The standard InChI is InChI=1S/C11H13N3O3/c15-10(8-5-12-6-8)14-4-7-1-2-9(11(16)17)13-3-7/h1-3,8,12H,4-6H2,(H,14,15)(H,16,17). The number of pyridine rings is 1. The van der Waals surface area contributed by atoms with E-state index >= 15 is 0 Å². The first kappa shape index (κ1) is 11.5. The first-order chi connectivity index (χ1) is 8.16. The lowest BCUT2D eigenvalue weighted by atomic mass is 10.0. The molecule has 0 aromatic carbocycles. The van der Waals surface area contributed by atoms with E-state index in [0.717, 1.165) is 18.7 Å². The van der Waals surface area contributed by atoms with E-state index in [1.165, 1.54) is 12.3 Å². The molecule has 0 bridgehead atoms. The molecule has 1 aliphatic rings. The van der Waals surface area contributed by atoms with Gasteiger partial charge in [0.15, 0.2) is 0 Å². The predicted octanol–water partition coefficient (Wildman–Crippen LogP) is -0.385. The number of hydrogen-bond donors (Lipinski definition) is 3. The molecule has 1 amide bonds. The summed E-state index contributed by atoms with van der Waals surface area (Å²) in [5.41, 5.74) is 0.791. The molecule has 90 valence electrons. The maximum absolute atomic E-state index is 11.5. The van der Waals surface area contributed by atoms with Crippen molar-refractivity contribution in [2.24, 2.45) is 5.92 Å². The van der Waals surface area contributed by atoms with Crippen LogP contribution in [0.2, 0.25) is 0 Å². The summed E-state index contributed by atoms with van der Waals surface area (Å²) in [6, 6.07) is 3.07. The molecule has 1 aromatic rings. The van der Waals surface area contributed by atoms with E-state index in [9.17, 15) is 9.59 Å². The van der Waals surface area contributed by atoms with Crippen LogP contribution in [-0.2, 0) is 11.3 Å². The van der Waals surface area contributed by atoms with E-state index in [-0.39, 0.29) is 17.5 Å². The lowest BCUT2D eigenvalue weighted by Crippen LogP contribution is -2.50. The predicted molar refractivity (Wildman–Crippen MR) is 59.4 cm³/mol. The molecular weight excluding hydrogens is 222 g/mol. The molecule has 0 radical (unpaired) electrons. The van der Waals surface area contributed by atoms with Gasteiger partial charge in [-0.3, -0.25) is 4.79 Å². The molecule has 1 aliphatic heterocycles. The number of amides is 1. The smallest absolute Gasteiger partial charge is 0.354 e. The normalized spacial score (nSPS) is 15.1. The van der Waals surface area contributed by atoms with Crippen LogP contribution in [0.1, 0.15) is 16.1 Å².